The van der Waals surface area contributed by atoms with Crippen molar-refractivity contribution < 1.29 is 18.7 Å². The molecule has 0 bridgehead atoms. The number of anilines is 1. The number of aryl methyl sites for hydroxylation is 1. The van der Waals surface area contributed by atoms with Crippen molar-refractivity contribution in [3.05, 3.63) is 68.0 Å². The van der Waals surface area contributed by atoms with Crippen LogP contribution in [0.4, 0.5) is 5.69 Å². The summed E-state index contributed by atoms with van der Waals surface area (Å²) in [6.45, 7) is 6.84. The average Bonchev–Trinajstić information content (AvgIpc) is 2.78. The number of rotatable bonds is 5. The fraction of sp³-hybridized carbons (Fsp3) is 0.333. The zero-order valence-electron chi connectivity index (χ0n) is 17.8. The molecule has 1 aliphatic heterocycles. The molecule has 2 heterocycles. The number of hydrogen-bond donors (Lipinski definition) is 0. The third-order valence-electron chi connectivity index (χ3n) is 5.66. The van der Waals surface area contributed by atoms with Crippen molar-refractivity contribution in [2.75, 3.05) is 18.2 Å². The summed E-state index contributed by atoms with van der Waals surface area (Å²) in [4.78, 5) is 26.4. The maximum absolute atomic E-state index is 12.3. The molecule has 3 aromatic rings. The number of nitrogens with zero attached hydrogens (tertiary/aromatic N) is 1. The summed E-state index contributed by atoms with van der Waals surface area (Å²) in [6, 6.07) is 8.97. The number of benzene rings is 2. The van der Waals surface area contributed by atoms with Crippen molar-refractivity contribution >= 4 is 34.2 Å². The molecule has 7 heteroatoms. The van der Waals surface area contributed by atoms with Crippen LogP contribution in [0, 0.1) is 13.8 Å². The van der Waals surface area contributed by atoms with Crippen molar-refractivity contribution in [2.24, 2.45) is 0 Å². The Bertz CT molecular complexity index is 1200. The van der Waals surface area contributed by atoms with Gasteiger partial charge in [0, 0.05) is 16.6 Å². The Labute approximate surface area is 185 Å². The molecule has 2 aromatic carbocycles. The minimum Gasteiger partial charge on any atom is -0.471 e. The van der Waals surface area contributed by atoms with E-state index in [4.69, 9.17) is 25.5 Å². The topological polar surface area (TPSA) is 69.0 Å². The number of carbonyl (C=O) groups is 1. The smallest absolute Gasteiger partial charge is 0.339 e. The van der Waals surface area contributed by atoms with Crippen molar-refractivity contribution in [3.63, 3.8) is 0 Å². The van der Waals surface area contributed by atoms with Gasteiger partial charge in [-0.15, -0.1) is 0 Å². The number of esters is 1. The van der Waals surface area contributed by atoms with E-state index in [2.05, 4.69) is 0 Å². The first-order chi connectivity index (χ1) is 14.9. The zero-order chi connectivity index (χ0) is 22.1. The van der Waals surface area contributed by atoms with Crippen molar-refractivity contribution in [3.8, 4) is 5.75 Å². The molecule has 0 aliphatic carbocycles. The predicted molar refractivity (Wildman–Crippen MR) is 120 cm³/mol. The van der Waals surface area contributed by atoms with Crippen LogP contribution in [0.1, 0.15) is 46.8 Å². The van der Waals surface area contributed by atoms with E-state index in [1.807, 2.05) is 30.9 Å². The maximum Gasteiger partial charge on any atom is 0.339 e. The van der Waals surface area contributed by atoms with Crippen LogP contribution < -0.4 is 15.3 Å². The number of fused-ring (bicyclic) bond motifs is 3. The van der Waals surface area contributed by atoms with Crippen molar-refractivity contribution in [1.29, 1.82) is 0 Å². The number of unbranched alkanes of at least 4 members (excludes halogenated alkanes) is 1. The summed E-state index contributed by atoms with van der Waals surface area (Å²) in [5, 5.41) is 1.29. The Morgan fingerprint density at radius 1 is 1.19 bits per heavy atom. The lowest BCUT2D eigenvalue weighted by Gasteiger charge is -2.31. The van der Waals surface area contributed by atoms with E-state index in [0.29, 0.717) is 40.6 Å². The third-order valence-corrected chi connectivity index (χ3v) is 5.94. The summed E-state index contributed by atoms with van der Waals surface area (Å²) in [5.74, 6) is 0.207. The first kappa shape index (κ1) is 21.2. The minimum atomic E-state index is -0.363. The fourth-order valence-corrected chi connectivity index (χ4v) is 3.91. The SMILES string of the molecule is CCCCOC(=O)c1ccc(N2COc3c(Cl)cc4c(C)c(C)c(=O)oc4c3C2)cc1. The lowest BCUT2D eigenvalue weighted by Crippen LogP contribution is -2.32. The summed E-state index contributed by atoms with van der Waals surface area (Å²) in [7, 11) is 0. The fourth-order valence-electron chi connectivity index (χ4n) is 3.63. The Balaban J connectivity index is 1.63. The van der Waals surface area contributed by atoms with Gasteiger partial charge in [-0.25, -0.2) is 9.59 Å². The van der Waals surface area contributed by atoms with E-state index in [1.54, 1.807) is 25.1 Å². The first-order valence-electron chi connectivity index (χ1n) is 10.3. The Morgan fingerprint density at radius 3 is 2.65 bits per heavy atom. The van der Waals surface area contributed by atoms with E-state index in [1.165, 1.54) is 0 Å². The second kappa shape index (κ2) is 8.63. The van der Waals surface area contributed by atoms with Crippen LogP contribution in [-0.4, -0.2) is 19.3 Å². The summed E-state index contributed by atoms with van der Waals surface area (Å²) in [6.07, 6.45) is 1.82. The molecule has 0 saturated heterocycles. The van der Waals surface area contributed by atoms with Crippen LogP contribution in [0.25, 0.3) is 11.0 Å². The number of halogens is 1. The second-order valence-electron chi connectivity index (χ2n) is 7.69. The zero-order valence-corrected chi connectivity index (χ0v) is 18.5. The van der Waals surface area contributed by atoms with Crippen LogP contribution in [0.2, 0.25) is 5.02 Å². The highest BCUT2D eigenvalue weighted by atomic mass is 35.5. The van der Waals surface area contributed by atoms with Crippen LogP contribution in [0.3, 0.4) is 0 Å². The molecule has 0 atom stereocenters. The third kappa shape index (κ3) is 4.00. The number of carbonyl (C=O) groups excluding carboxylic acids is 1. The van der Waals surface area contributed by atoms with Gasteiger partial charge in [0.1, 0.15) is 11.3 Å². The first-order valence-corrected chi connectivity index (χ1v) is 10.7. The van der Waals surface area contributed by atoms with Crippen molar-refractivity contribution in [1.82, 2.24) is 0 Å². The largest absolute Gasteiger partial charge is 0.471 e. The molecule has 31 heavy (non-hydrogen) atoms. The van der Waals surface area contributed by atoms with Gasteiger partial charge in [-0.1, -0.05) is 24.9 Å². The standard InChI is InChI=1S/C24H24ClNO5/c1-4-5-10-29-24(28)16-6-8-17(9-7-16)26-12-19-21-18(11-20(25)22(19)30-13-26)14(2)15(3)23(27)31-21/h6-9,11H,4-5,10,12-13H2,1-3H3. The molecule has 0 N–H and O–H groups in total. The summed E-state index contributed by atoms with van der Waals surface area (Å²) < 4.78 is 16.8. The summed E-state index contributed by atoms with van der Waals surface area (Å²) in [5.41, 5.74) is 3.65. The molecule has 0 spiro atoms. The number of ether oxygens (including phenoxy) is 2. The highest BCUT2D eigenvalue weighted by Crippen LogP contribution is 2.40. The summed E-state index contributed by atoms with van der Waals surface area (Å²) >= 11 is 6.47. The maximum atomic E-state index is 12.3. The van der Waals surface area contributed by atoms with Gasteiger partial charge in [-0.2, -0.15) is 0 Å². The van der Waals surface area contributed by atoms with Crippen LogP contribution >= 0.6 is 11.6 Å². The van der Waals surface area contributed by atoms with Crippen LogP contribution in [-0.2, 0) is 11.3 Å². The molecule has 4 rings (SSSR count). The molecule has 0 amide bonds. The highest BCUT2D eigenvalue weighted by molar-refractivity contribution is 6.33. The van der Waals surface area contributed by atoms with Gasteiger partial charge in [0.15, 0.2) is 6.73 Å². The molecule has 0 radical (unpaired) electrons. The number of hydrogen-bond acceptors (Lipinski definition) is 6. The van der Waals surface area contributed by atoms with E-state index in [-0.39, 0.29) is 18.3 Å². The average molecular weight is 442 g/mol. The molecule has 162 valence electrons. The normalized spacial score (nSPS) is 13.1. The Kier molecular flexibility index (Phi) is 5.92. The van der Waals surface area contributed by atoms with Gasteiger partial charge in [0.2, 0.25) is 0 Å². The molecule has 1 aromatic heterocycles. The highest BCUT2D eigenvalue weighted by Gasteiger charge is 2.26. The molecular weight excluding hydrogens is 418 g/mol. The Morgan fingerprint density at radius 2 is 1.94 bits per heavy atom. The molecule has 1 aliphatic rings. The lowest BCUT2D eigenvalue weighted by atomic mass is 10.0. The monoisotopic (exact) mass is 441 g/mol. The van der Waals surface area contributed by atoms with Gasteiger partial charge in [0.25, 0.3) is 0 Å². The molecule has 6 nitrogen and oxygen atoms in total. The van der Waals surface area contributed by atoms with E-state index < -0.39 is 0 Å². The van der Waals surface area contributed by atoms with Crippen LogP contribution in [0.5, 0.6) is 5.75 Å². The van der Waals surface area contributed by atoms with E-state index in [0.717, 1.165) is 35.0 Å². The van der Waals surface area contributed by atoms with Gasteiger partial charge in [-0.3, -0.25) is 0 Å². The van der Waals surface area contributed by atoms with Gasteiger partial charge in [0.05, 0.1) is 29.3 Å². The molecule has 0 saturated carbocycles. The van der Waals surface area contributed by atoms with Gasteiger partial charge >= 0.3 is 11.6 Å². The van der Waals surface area contributed by atoms with Crippen molar-refractivity contribution in [2.45, 2.75) is 40.2 Å². The molecule has 0 unspecified atom stereocenters. The minimum absolute atomic E-state index is 0.285. The molecule has 0 fully saturated rings. The van der Waals surface area contributed by atoms with E-state index >= 15 is 0 Å². The van der Waals surface area contributed by atoms with Gasteiger partial charge < -0.3 is 18.8 Å². The second-order valence-corrected chi connectivity index (χ2v) is 8.10. The Hall–Kier alpha value is -2.99. The lowest BCUT2D eigenvalue weighted by molar-refractivity contribution is 0.0500. The molecular formula is C24H24ClNO5. The quantitative estimate of drug-likeness (QED) is 0.301. The van der Waals surface area contributed by atoms with Gasteiger partial charge in [-0.05, 0) is 56.2 Å². The van der Waals surface area contributed by atoms with E-state index in [9.17, 15) is 9.59 Å². The predicted octanol–water partition coefficient (Wildman–Crippen LogP) is 5.38. The van der Waals surface area contributed by atoms with Crippen LogP contribution in [0.15, 0.2) is 39.5 Å².